The van der Waals surface area contributed by atoms with Crippen LogP contribution in [0.4, 0.5) is 26.3 Å². The third-order valence-corrected chi connectivity index (χ3v) is 1.90. The molecule has 0 aromatic rings. The molecule has 0 atom stereocenters. The molecule has 0 heterocycles. The second kappa shape index (κ2) is 4.88. The van der Waals surface area contributed by atoms with Crippen LogP contribution in [-0.2, 0) is 4.79 Å². The molecule has 0 fully saturated rings. The van der Waals surface area contributed by atoms with Crippen LogP contribution in [0, 0.1) is 5.92 Å². The average Bonchev–Trinajstić information content (AvgIpc) is 1.97. The minimum atomic E-state index is -5.61. The Hall–Kier alpha value is -1.01. The predicted octanol–water partition coefficient (Wildman–Crippen LogP) is 3.65. The number of rotatable bonds is 4. The lowest BCUT2D eigenvalue weighted by atomic mass is 9.96. The van der Waals surface area contributed by atoms with Crippen molar-refractivity contribution < 1.29 is 31.1 Å². The van der Waals surface area contributed by atoms with Crippen LogP contribution in [0.2, 0.25) is 0 Å². The summed E-state index contributed by atoms with van der Waals surface area (Å²) in [4.78, 5) is 10.9. The maximum Gasteiger partial charge on any atom is 0.407 e. The van der Waals surface area contributed by atoms with Crippen LogP contribution >= 0.6 is 0 Å². The van der Waals surface area contributed by atoms with Crippen LogP contribution in [0.3, 0.4) is 0 Å². The summed E-state index contributed by atoms with van der Waals surface area (Å²) in [6.45, 7) is 4.70. The fourth-order valence-electron chi connectivity index (χ4n) is 1.02. The third-order valence-electron chi connectivity index (χ3n) is 1.90. The Labute approximate surface area is 88.1 Å². The molecule has 0 saturated heterocycles. The molecule has 94 valence electrons. The monoisotopic (exact) mass is 248 g/mol. The summed E-state index contributed by atoms with van der Waals surface area (Å²) in [7, 11) is 0. The molecule has 0 spiro atoms. The first-order valence-corrected chi connectivity index (χ1v) is 4.33. The maximum absolute atomic E-state index is 12.1. The van der Waals surface area contributed by atoms with E-state index in [9.17, 15) is 31.1 Å². The van der Waals surface area contributed by atoms with E-state index in [0.29, 0.717) is 0 Å². The van der Waals surface area contributed by atoms with Crippen molar-refractivity contribution in [2.45, 2.75) is 32.1 Å². The molecule has 0 saturated carbocycles. The normalized spacial score (nSPS) is 13.0. The summed E-state index contributed by atoms with van der Waals surface area (Å²) < 4.78 is 72.3. The lowest BCUT2D eigenvalue weighted by molar-refractivity contribution is -0.273. The molecular weight excluding hydrogens is 238 g/mol. The molecular formula is C9H10F6O. The van der Waals surface area contributed by atoms with Crippen molar-refractivity contribution in [3.8, 4) is 0 Å². The number of hydrogen-bond acceptors (Lipinski definition) is 1. The summed E-state index contributed by atoms with van der Waals surface area (Å²) in [5.41, 5.74) is 0.0449. The zero-order valence-corrected chi connectivity index (χ0v) is 8.37. The van der Waals surface area contributed by atoms with E-state index in [2.05, 4.69) is 6.58 Å². The minimum absolute atomic E-state index is 0.0449. The molecule has 0 rings (SSSR count). The molecule has 0 aromatic carbocycles. The lowest BCUT2D eigenvalue weighted by Crippen LogP contribution is -2.42. The van der Waals surface area contributed by atoms with Gasteiger partial charge in [0.15, 0.2) is 5.78 Å². The van der Waals surface area contributed by atoms with Gasteiger partial charge in [-0.2, -0.15) is 26.3 Å². The molecule has 16 heavy (non-hydrogen) atoms. The second-order valence-electron chi connectivity index (χ2n) is 3.26. The Balaban J connectivity index is 4.94. The highest BCUT2D eigenvalue weighted by Crippen LogP contribution is 2.40. The average molecular weight is 248 g/mol. The Morgan fingerprint density at radius 1 is 1.12 bits per heavy atom. The van der Waals surface area contributed by atoms with Gasteiger partial charge in [-0.05, 0) is 6.42 Å². The first-order chi connectivity index (χ1) is 7.00. The van der Waals surface area contributed by atoms with Gasteiger partial charge >= 0.3 is 12.4 Å². The molecule has 0 unspecified atom stereocenters. The van der Waals surface area contributed by atoms with E-state index in [-0.39, 0.29) is 12.0 Å². The third kappa shape index (κ3) is 4.24. The molecule has 0 amide bonds. The van der Waals surface area contributed by atoms with Crippen molar-refractivity contribution in [3.63, 3.8) is 0 Å². The molecule has 0 aliphatic rings. The van der Waals surface area contributed by atoms with Gasteiger partial charge in [-0.25, -0.2) is 0 Å². The number of alkyl halides is 6. The van der Waals surface area contributed by atoms with Crippen LogP contribution in [0.5, 0.6) is 0 Å². The number of hydrogen-bond donors (Lipinski definition) is 0. The van der Waals surface area contributed by atoms with Gasteiger partial charge in [0, 0.05) is 6.42 Å². The van der Waals surface area contributed by atoms with Crippen molar-refractivity contribution in [3.05, 3.63) is 12.2 Å². The van der Waals surface area contributed by atoms with Crippen LogP contribution < -0.4 is 0 Å². The summed E-state index contributed by atoms with van der Waals surface area (Å²) in [6, 6.07) is 0. The predicted molar refractivity (Wildman–Crippen MR) is 44.7 cm³/mol. The molecule has 0 bridgehead atoms. The molecule has 0 aliphatic heterocycles. The molecule has 0 aromatic heterocycles. The first-order valence-electron chi connectivity index (χ1n) is 4.33. The smallest absolute Gasteiger partial charge is 0.298 e. The van der Waals surface area contributed by atoms with Crippen LogP contribution in [0.25, 0.3) is 0 Å². The van der Waals surface area contributed by atoms with Gasteiger partial charge in [-0.1, -0.05) is 19.1 Å². The summed E-state index contributed by atoms with van der Waals surface area (Å²) in [5.74, 6) is -5.82. The molecule has 0 aliphatic carbocycles. The summed E-state index contributed by atoms with van der Waals surface area (Å²) in [5, 5.41) is 0. The number of halogens is 6. The first kappa shape index (κ1) is 15.0. The van der Waals surface area contributed by atoms with Crippen molar-refractivity contribution in [1.29, 1.82) is 0 Å². The van der Waals surface area contributed by atoms with Gasteiger partial charge in [0.05, 0.1) is 0 Å². The zero-order valence-electron chi connectivity index (χ0n) is 8.37. The van der Waals surface area contributed by atoms with E-state index >= 15 is 0 Å². The fraction of sp³-hybridized carbons (Fsp3) is 0.667. The van der Waals surface area contributed by atoms with Crippen LogP contribution in [0.1, 0.15) is 19.8 Å². The summed E-state index contributed by atoms with van der Waals surface area (Å²) >= 11 is 0. The van der Waals surface area contributed by atoms with Gasteiger partial charge < -0.3 is 0 Å². The summed E-state index contributed by atoms with van der Waals surface area (Å²) in [6.07, 6.45) is -12.0. The highest BCUT2D eigenvalue weighted by Gasteiger charge is 2.60. The van der Waals surface area contributed by atoms with Crippen molar-refractivity contribution in [2.75, 3.05) is 0 Å². The Morgan fingerprint density at radius 3 is 1.75 bits per heavy atom. The van der Waals surface area contributed by atoms with Crippen LogP contribution in [-0.4, -0.2) is 18.1 Å². The fourth-order valence-corrected chi connectivity index (χ4v) is 1.02. The molecule has 1 nitrogen and oxygen atoms in total. The van der Waals surface area contributed by atoms with Gasteiger partial charge in [-0.15, -0.1) is 0 Å². The molecule has 0 radical (unpaired) electrons. The van der Waals surface area contributed by atoms with Crippen molar-refractivity contribution in [2.24, 2.45) is 5.92 Å². The van der Waals surface area contributed by atoms with Crippen molar-refractivity contribution >= 4 is 5.78 Å². The molecule has 7 heteroatoms. The lowest BCUT2D eigenvalue weighted by Gasteiger charge is -2.21. The minimum Gasteiger partial charge on any atom is -0.298 e. The van der Waals surface area contributed by atoms with Gasteiger partial charge in [0.2, 0.25) is 5.92 Å². The van der Waals surface area contributed by atoms with Gasteiger partial charge in [0.1, 0.15) is 0 Å². The maximum atomic E-state index is 12.1. The Bertz CT molecular complexity index is 261. The number of ketones is 1. The Kier molecular flexibility index (Phi) is 4.57. The number of carbonyl (C=O) groups excluding carboxylic acids is 1. The highest BCUT2D eigenvalue weighted by atomic mass is 19.4. The highest BCUT2D eigenvalue weighted by molar-refractivity contribution is 5.84. The number of carbonyl (C=O) groups is 1. The van der Waals surface area contributed by atoms with E-state index in [1.165, 1.54) is 6.92 Å². The van der Waals surface area contributed by atoms with E-state index in [1.54, 1.807) is 0 Å². The largest absolute Gasteiger partial charge is 0.407 e. The number of Topliss-reactive ketones (excluding diaryl/α,β-unsaturated/α-hetero) is 1. The van der Waals surface area contributed by atoms with Crippen LogP contribution in [0.15, 0.2) is 12.2 Å². The number of allylic oxidation sites excluding steroid dienone is 1. The van der Waals surface area contributed by atoms with E-state index in [1.807, 2.05) is 0 Å². The van der Waals surface area contributed by atoms with Crippen molar-refractivity contribution in [1.82, 2.24) is 0 Å². The van der Waals surface area contributed by atoms with E-state index in [4.69, 9.17) is 0 Å². The Morgan fingerprint density at radius 2 is 1.50 bits per heavy atom. The van der Waals surface area contributed by atoms with E-state index in [0.717, 1.165) is 0 Å². The quantitative estimate of drug-likeness (QED) is 0.548. The molecule has 0 N–H and O–H groups in total. The van der Waals surface area contributed by atoms with E-state index < -0.39 is 30.5 Å². The standard InChI is InChI=1S/C9H10F6O/c1-3-5(2)4-6(16)7(8(10,11)12)9(13,14)15/h7H,2-4H2,1H3. The van der Waals surface area contributed by atoms with Gasteiger partial charge in [-0.3, -0.25) is 4.79 Å². The zero-order chi connectivity index (χ0) is 13.1. The second-order valence-corrected chi connectivity index (χ2v) is 3.26. The SMILES string of the molecule is C=C(CC)CC(=O)C(C(F)(F)F)C(F)(F)F. The van der Waals surface area contributed by atoms with Gasteiger partial charge in [0.25, 0.3) is 0 Å². The topological polar surface area (TPSA) is 17.1 Å².